The van der Waals surface area contributed by atoms with Crippen molar-refractivity contribution < 1.29 is 14.1 Å². The number of ether oxygens (including phenoxy) is 1. The Morgan fingerprint density at radius 1 is 1.39 bits per heavy atom. The summed E-state index contributed by atoms with van der Waals surface area (Å²) in [5, 5.41) is 4.06. The maximum atomic E-state index is 12.9. The molecular weight excluding hydrogens is 380 g/mol. The van der Waals surface area contributed by atoms with Crippen LogP contribution < -0.4 is 5.73 Å². The first kappa shape index (κ1) is 22.3. The van der Waals surface area contributed by atoms with E-state index < -0.39 is 0 Å². The lowest BCUT2D eigenvalue weighted by Crippen LogP contribution is -2.46. The van der Waals surface area contributed by atoms with Crippen molar-refractivity contribution in [1.82, 2.24) is 15.0 Å². The summed E-state index contributed by atoms with van der Waals surface area (Å²) >= 11 is 0. The van der Waals surface area contributed by atoms with Gasteiger partial charge in [-0.1, -0.05) is 28.9 Å². The first-order valence-corrected chi connectivity index (χ1v) is 9.48. The minimum atomic E-state index is -0.104. The number of benzene rings is 1. The number of aryl methyl sites for hydroxylation is 1. The quantitative estimate of drug-likeness (QED) is 0.789. The number of methoxy groups -OCH3 is 1. The number of aromatic nitrogens is 2. The molecule has 1 aliphatic carbocycles. The van der Waals surface area contributed by atoms with Gasteiger partial charge >= 0.3 is 0 Å². The van der Waals surface area contributed by atoms with E-state index >= 15 is 0 Å². The Balaban J connectivity index is 0.00000280. The number of halogens is 1. The van der Waals surface area contributed by atoms with Crippen LogP contribution in [0.2, 0.25) is 0 Å². The summed E-state index contributed by atoms with van der Waals surface area (Å²) in [5.41, 5.74) is 8.19. The summed E-state index contributed by atoms with van der Waals surface area (Å²) in [7, 11) is 1.67. The lowest BCUT2D eigenvalue weighted by atomic mass is 9.83. The van der Waals surface area contributed by atoms with E-state index in [0.717, 1.165) is 24.0 Å². The molecule has 0 aliphatic heterocycles. The van der Waals surface area contributed by atoms with Crippen LogP contribution in [0.1, 0.15) is 37.6 Å². The number of carbonyl (C=O) groups is 1. The maximum absolute atomic E-state index is 12.9. The number of rotatable bonds is 6. The van der Waals surface area contributed by atoms with Crippen LogP contribution >= 0.6 is 12.4 Å². The minimum absolute atomic E-state index is 0. The Morgan fingerprint density at radius 2 is 2.18 bits per heavy atom. The zero-order chi connectivity index (χ0) is 19.4. The van der Waals surface area contributed by atoms with E-state index in [9.17, 15) is 4.79 Å². The van der Waals surface area contributed by atoms with Gasteiger partial charge in [0, 0.05) is 31.2 Å². The fraction of sp³-hybridized carbons (Fsp3) is 0.550. The van der Waals surface area contributed by atoms with Gasteiger partial charge < -0.3 is 19.9 Å². The Morgan fingerprint density at radius 3 is 2.82 bits per heavy atom. The molecule has 154 valence electrons. The molecule has 2 N–H and O–H groups in total. The summed E-state index contributed by atoms with van der Waals surface area (Å²) < 4.78 is 10.8. The molecule has 3 rings (SSSR count). The maximum Gasteiger partial charge on any atom is 0.246 e. The topological polar surface area (TPSA) is 94.5 Å². The summed E-state index contributed by atoms with van der Waals surface area (Å²) in [4.78, 5) is 19.2. The van der Waals surface area contributed by atoms with Gasteiger partial charge in [0.05, 0.1) is 12.6 Å². The zero-order valence-electron chi connectivity index (χ0n) is 16.6. The molecule has 1 aromatic heterocycles. The third kappa shape index (κ3) is 5.10. The van der Waals surface area contributed by atoms with E-state index in [4.69, 9.17) is 15.0 Å². The lowest BCUT2D eigenvalue weighted by Gasteiger charge is -2.34. The average Bonchev–Trinajstić information content (AvgIpc) is 3.14. The Hall–Kier alpha value is -1.96. The Bertz CT molecular complexity index is 782. The first-order valence-electron chi connectivity index (χ1n) is 9.48. The molecule has 3 atom stereocenters. The van der Waals surface area contributed by atoms with Crippen molar-refractivity contribution in [2.75, 3.05) is 13.7 Å². The summed E-state index contributed by atoms with van der Waals surface area (Å²) in [5.74, 6) is 1.000. The van der Waals surface area contributed by atoms with Crippen molar-refractivity contribution in [1.29, 1.82) is 0 Å². The second kappa shape index (κ2) is 10.0. The highest BCUT2D eigenvalue weighted by Gasteiger charge is 2.34. The predicted octanol–water partition coefficient (Wildman–Crippen LogP) is 2.96. The summed E-state index contributed by atoms with van der Waals surface area (Å²) in [6.45, 7) is 4.87. The number of hydrogen-bond donors (Lipinski definition) is 1. The first-order chi connectivity index (χ1) is 13.0. The molecule has 1 saturated carbocycles. The summed E-state index contributed by atoms with van der Waals surface area (Å²) in [6.07, 6.45) is 2.28. The molecule has 1 amide bonds. The largest absolute Gasteiger partial charge is 0.380 e. The molecule has 0 unspecified atom stereocenters. The van der Waals surface area contributed by atoms with Gasteiger partial charge in [-0.05, 0) is 39.2 Å². The van der Waals surface area contributed by atoms with Gasteiger partial charge in [0.25, 0.3) is 0 Å². The van der Waals surface area contributed by atoms with Crippen LogP contribution in [0.25, 0.3) is 11.4 Å². The van der Waals surface area contributed by atoms with E-state index in [0.29, 0.717) is 31.2 Å². The van der Waals surface area contributed by atoms with Crippen molar-refractivity contribution in [3.63, 3.8) is 0 Å². The molecule has 1 aliphatic rings. The second-order valence-electron chi connectivity index (χ2n) is 7.18. The molecule has 8 heteroatoms. The van der Waals surface area contributed by atoms with Crippen molar-refractivity contribution in [2.24, 2.45) is 11.7 Å². The lowest BCUT2D eigenvalue weighted by molar-refractivity contribution is -0.138. The molecule has 1 fully saturated rings. The number of nitrogens with two attached hydrogens (primary N) is 1. The van der Waals surface area contributed by atoms with Crippen molar-refractivity contribution in [2.45, 2.75) is 51.8 Å². The molecule has 28 heavy (non-hydrogen) atoms. The zero-order valence-corrected chi connectivity index (χ0v) is 17.4. The molecule has 0 spiro atoms. The Labute approximate surface area is 172 Å². The number of carbonyl (C=O) groups excluding carboxylic acids is 1. The molecule has 2 aromatic rings. The van der Waals surface area contributed by atoms with Crippen molar-refractivity contribution in [3.8, 4) is 11.4 Å². The van der Waals surface area contributed by atoms with Gasteiger partial charge in [0.15, 0.2) is 0 Å². The third-order valence-electron chi connectivity index (χ3n) is 5.25. The van der Waals surface area contributed by atoms with Crippen molar-refractivity contribution >= 4 is 18.3 Å². The third-order valence-corrected chi connectivity index (χ3v) is 5.25. The van der Waals surface area contributed by atoms with Crippen LogP contribution in [0.4, 0.5) is 0 Å². The van der Waals surface area contributed by atoms with E-state index in [2.05, 4.69) is 10.1 Å². The molecule has 0 bridgehead atoms. The fourth-order valence-electron chi connectivity index (χ4n) is 3.68. The fourth-order valence-corrected chi connectivity index (χ4v) is 3.68. The van der Waals surface area contributed by atoms with Gasteiger partial charge in [-0.25, -0.2) is 0 Å². The number of amides is 1. The number of nitrogens with zero attached hydrogens (tertiary/aromatic N) is 3. The normalized spacial score (nSPS) is 21.8. The van der Waals surface area contributed by atoms with Crippen LogP contribution in [-0.4, -0.2) is 46.7 Å². The van der Waals surface area contributed by atoms with Crippen LogP contribution in [0.15, 0.2) is 28.8 Å². The van der Waals surface area contributed by atoms with E-state index in [-0.39, 0.29) is 36.4 Å². The highest BCUT2D eigenvalue weighted by molar-refractivity contribution is 5.85. The summed E-state index contributed by atoms with van der Waals surface area (Å²) in [6, 6.07) is 7.83. The van der Waals surface area contributed by atoms with E-state index in [1.165, 1.54) is 0 Å². The molecule has 7 nitrogen and oxygen atoms in total. The SMILES string of the molecule is CCN(Cc1nc(-c2cccc(C)c2)no1)C(=O)[C@H]1CC[C@@H](OC)[C@H](N)C1.Cl. The van der Waals surface area contributed by atoms with Crippen LogP contribution in [0.3, 0.4) is 0 Å². The van der Waals surface area contributed by atoms with Gasteiger partial charge in [-0.3, -0.25) is 4.79 Å². The highest BCUT2D eigenvalue weighted by atomic mass is 35.5. The van der Waals surface area contributed by atoms with Crippen molar-refractivity contribution in [3.05, 3.63) is 35.7 Å². The van der Waals surface area contributed by atoms with Gasteiger partial charge in [0.2, 0.25) is 17.6 Å². The van der Waals surface area contributed by atoms with Crippen LogP contribution in [-0.2, 0) is 16.1 Å². The molecule has 1 aromatic carbocycles. The van der Waals surface area contributed by atoms with Gasteiger partial charge in [-0.2, -0.15) is 4.98 Å². The second-order valence-corrected chi connectivity index (χ2v) is 7.18. The average molecular weight is 409 g/mol. The van der Waals surface area contributed by atoms with E-state index in [1.54, 1.807) is 12.0 Å². The van der Waals surface area contributed by atoms with E-state index in [1.807, 2.05) is 38.1 Å². The molecule has 0 radical (unpaired) electrons. The minimum Gasteiger partial charge on any atom is -0.380 e. The van der Waals surface area contributed by atoms with Gasteiger partial charge in [0.1, 0.15) is 0 Å². The number of hydrogen-bond acceptors (Lipinski definition) is 6. The van der Waals surface area contributed by atoms with Crippen LogP contribution in [0, 0.1) is 12.8 Å². The monoisotopic (exact) mass is 408 g/mol. The smallest absolute Gasteiger partial charge is 0.246 e. The van der Waals surface area contributed by atoms with Crippen LogP contribution in [0.5, 0.6) is 0 Å². The molecule has 1 heterocycles. The Kier molecular flexibility index (Phi) is 7.98. The standard InChI is InChI=1S/C20H28N4O3.ClH/c1-4-24(20(25)15-8-9-17(26-3)16(21)11-15)12-18-22-19(23-27-18)14-7-5-6-13(2)10-14;/h5-7,10,15-17H,4,8-9,11-12,21H2,1-3H3;1H/t15-,16+,17+;/m0./s1. The highest BCUT2D eigenvalue weighted by Crippen LogP contribution is 2.27. The molecule has 0 saturated heterocycles. The van der Waals surface area contributed by atoms with Gasteiger partial charge in [-0.15, -0.1) is 12.4 Å². The molecular formula is C20H29ClN4O3. The predicted molar refractivity (Wildman–Crippen MR) is 109 cm³/mol.